The summed E-state index contributed by atoms with van der Waals surface area (Å²) in [7, 11) is 0. The highest BCUT2D eigenvalue weighted by Crippen LogP contribution is 2.19. The van der Waals surface area contributed by atoms with E-state index in [0.717, 1.165) is 41.4 Å². The third kappa shape index (κ3) is 3.32. The summed E-state index contributed by atoms with van der Waals surface area (Å²) in [5.41, 5.74) is 4.56. The van der Waals surface area contributed by atoms with Crippen molar-refractivity contribution in [2.75, 3.05) is 5.32 Å². The molecular weight excluding hydrogens is 266 g/mol. The molecule has 6 nitrogen and oxygen atoms in total. The lowest BCUT2D eigenvalue weighted by Crippen LogP contribution is -2.21. The molecule has 114 valence electrons. The van der Waals surface area contributed by atoms with Gasteiger partial charge in [0.2, 0.25) is 5.91 Å². The molecule has 0 aromatic carbocycles. The van der Waals surface area contributed by atoms with Gasteiger partial charge in [0.25, 0.3) is 0 Å². The van der Waals surface area contributed by atoms with Crippen LogP contribution in [0, 0.1) is 27.7 Å². The van der Waals surface area contributed by atoms with E-state index in [1.165, 1.54) is 0 Å². The van der Waals surface area contributed by atoms with Crippen LogP contribution in [0.3, 0.4) is 0 Å². The average molecular weight is 289 g/mol. The van der Waals surface area contributed by atoms with Gasteiger partial charge in [0, 0.05) is 12.2 Å². The lowest BCUT2D eigenvalue weighted by Gasteiger charge is -2.08. The van der Waals surface area contributed by atoms with E-state index in [1.807, 2.05) is 38.4 Å². The Balaban J connectivity index is 2.11. The van der Waals surface area contributed by atoms with Gasteiger partial charge >= 0.3 is 0 Å². The van der Waals surface area contributed by atoms with E-state index in [9.17, 15) is 4.79 Å². The van der Waals surface area contributed by atoms with E-state index in [1.54, 1.807) is 4.68 Å². The van der Waals surface area contributed by atoms with E-state index < -0.39 is 0 Å². The van der Waals surface area contributed by atoms with Crippen LogP contribution in [-0.4, -0.2) is 25.5 Å². The lowest BCUT2D eigenvalue weighted by atomic mass is 10.3. The first-order valence-corrected chi connectivity index (χ1v) is 7.27. The third-order valence-corrected chi connectivity index (χ3v) is 3.48. The molecule has 6 heteroatoms. The molecule has 0 atom stereocenters. The zero-order valence-electron chi connectivity index (χ0n) is 13.4. The Hall–Kier alpha value is -2.11. The molecule has 0 radical (unpaired) electrons. The highest BCUT2D eigenvalue weighted by molar-refractivity contribution is 5.91. The second-order valence-corrected chi connectivity index (χ2v) is 5.40. The maximum Gasteiger partial charge on any atom is 0.246 e. The van der Waals surface area contributed by atoms with Gasteiger partial charge in [0.15, 0.2) is 0 Å². The molecule has 21 heavy (non-hydrogen) atoms. The molecule has 0 saturated carbocycles. The van der Waals surface area contributed by atoms with E-state index in [0.29, 0.717) is 0 Å². The molecule has 1 N–H and O–H groups in total. The lowest BCUT2D eigenvalue weighted by molar-refractivity contribution is -0.116. The van der Waals surface area contributed by atoms with E-state index in [-0.39, 0.29) is 12.5 Å². The number of rotatable bonds is 5. The topological polar surface area (TPSA) is 64.7 Å². The highest BCUT2D eigenvalue weighted by atomic mass is 16.2. The van der Waals surface area contributed by atoms with Gasteiger partial charge in [-0.2, -0.15) is 10.2 Å². The van der Waals surface area contributed by atoms with Crippen molar-refractivity contribution in [2.45, 2.75) is 54.1 Å². The molecule has 1 amide bonds. The number of hydrogen-bond donors (Lipinski definition) is 1. The van der Waals surface area contributed by atoms with Crippen molar-refractivity contribution in [3.8, 4) is 0 Å². The first kappa shape index (κ1) is 15.3. The molecule has 2 heterocycles. The maximum atomic E-state index is 12.2. The maximum absolute atomic E-state index is 12.2. The SMILES string of the molecule is CCCn1nc(C)c(NC(=O)Cn2nc(C)cc2C)c1C. The standard InChI is InChI=1S/C15H23N5O/c1-6-7-19-13(5)15(12(4)18-19)16-14(21)9-20-11(3)8-10(2)17-20/h8H,6-7,9H2,1-5H3,(H,16,21). The Morgan fingerprint density at radius 2 is 1.90 bits per heavy atom. The summed E-state index contributed by atoms with van der Waals surface area (Å²) in [4.78, 5) is 12.2. The Kier molecular flexibility index (Phi) is 4.45. The van der Waals surface area contributed by atoms with Crippen molar-refractivity contribution < 1.29 is 4.79 Å². The number of hydrogen-bond acceptors (Lipinski definition) is 3. The summed E-state index contributed by atoms with van der Waals surface area (Å²) in [5, 5.41) is 11.7. The monoisotopic (exact) mass is 289 g/mol. The van der Waals surface area contributed by atoms with Crippen molar-refractivity contribution in [1.82, 2.24) is 19.6 Å². The summed E-state index contributed by atoms with van der Waals surface area (Å²) >= 11 is 0. The number of carbonyl (C=O) groups is 1. The summed E-state index contributed by atoms with van der Waals surface area (Å²) in [6.07, 6.45) is 1.01. The van der Waals surface area contributed by atoms with Crippen LogP contribution in [0.25, 0.3) is 0 Å². The minimum absolute atomic E-state index is 0.0801. The Morgan fingerprint density at radius 3 is 2.48 bits per heavy atom. The predicted molar refractivity (Wildman–Crippen MR) is 82.3 cm³/mol. The Morgan fingerprint density at radius 1 is 1.19 bits per heavy atom. The van der Waals surface area contributed by atoms with E-state index in [4.69, 9.17) is 0 Å². The molecule has 2 rings (SSSR count). The van der Waals surface area contributed by atoms with Gasteiger partial charge in [0.05, 0.1) is 22.8 Å². The number of nitrogens with zero attached hydrogens (tertiary/aromatic N) is 4. The predicted octanol–water partition coefficient (Wildman–Crippen LogP) is 2.36. The van der Waals surface area contributed by atoms with E-state index in [2.05, 4.69) is 22.4 Å². The van der Waals surface area contributed by atoms with Gasteiger partial charge in [-0.05, 0) is 40.2 Å². The van der Waals surface area contributed by atoms with Gasteiger partial charge in [-0.25, -0.2) is 0 Å². The van der Waals surface area contributed by atoms with Crippen LogP contribution in [0.1, 0.15) is 36.1 Å². The third-order valence-electron chi connectivity index (χ3n) is 3.48. The zero-order chi connectivity index (χ0) is 15.6. The zero-order valence-corrected chi connectivity index (χ0v) is 13.4. The molecule has 2 aromatic rings. The summed E-state index contributed by atoms with van der Waals surface area (Å²) in [6, 6.07) is 1.96. The van der Waals surface area contributed by atoms with Crippen LogP contribution in [0.15, 0.2) is 6.07 Å². The van der Waals surface area contributed by atoms with E-state index >= 15 is 0 Å². The number of anilines is 1. The molecule has 0 aliphatic heterocycles. The number of aromatic nitrogens is 4. The van der Waals surface area contributed by atoms with Crippen LogP contribution < -0.4 is 5.32 Å². The largest absolute Gasteiger partial charge is 0.321 e. The second kappa shape index (κ2) is 6.11. The van der Waals surface area contributed by atoms with Gasteiger partial charge in [-0.1, -0.05) is 6.92 Å². The Bertz CT molecular complexity index is 653. The number of aryl methyl sites for hydroxylation is 4. The van der Waals surface area contributed by atoms with Gasteiger partial charge in [-0.3, -0.25) is 14.2 Å². The first-order chi connectivity index (χ1) is 9.92. The molecule has 0 unspecified atom stereocenters. The summed E-state index contributed by atoms with van der Waals surface area (Å²) in [6.45, 7) is 11.0. The fraction of sp³-hybridized carbons (Fsp3) is 0.533. The Labute approximate surface area is 125 Å². The first-order valence-electron chi connectivity index (χ1n) is 7.27. The molecule has 0 saturated heterocycles. The van der Waals surface area contributed by atoms with Crippen molar-refractivity contribution in [3.63, 3.8) is 0 Å². The minimum atomic E-state index is -0.0801. The molecular formula is C15H23N5O. The highest BCUT2D eigenvalue weighted by Gasteiger charge is 2.14. The van der Waals surface area contributed by atoms with Gasteiger partial charge in [-0.15, -0.1) is 0 Å². The molecule has 0 spiro atoms. The quantitative estimate of drug-likeness (QED) is 0.919. The van der Waals surface area contributed by atoms with Gasteiger partial charge < -0.3 is 5.32 Å². The fourth-order valence-electron chi connectivity index (χ4n) is 2.46. The van der Waals surface area contributed by atoms with Crippen LogP contribution in [-0.2, 0) is 17.9 Å². The molecule has 2 aromatic heterocycles. The van der Waals surface area contributed by atoms with Crippen molar-refractivity contribution >= 4 is 11.6 Å². The number of carbonyl (C=O) groups excluding carboxylic acids is 1. The normalized spacial score (nSPS) is 10.9. The minimum Gasteiger partial charge on any atom is -0.321 e. The van der Waals surface area contributed by atoms with Gasteiger partial charge in [0.1, 0.15) is 6.54 Å². The molecule has 0 aliphatic rings. The molecule has 0 fully saturated rings. The van der Waals surface area contributed by atoms with Crippen LogP contribution in [0.5, 0.6) is 0 Å². The summed E-state index contributed by atoms with van der Waals surface area (Å²) < 4.78 is 3.65. The van der Waals surface area contributed by atoms with Crippen LogP contribution >= 0.6 is 0 Å². The van der Waals surface area contributed by atoms with Crippen LogP contribution in [0.4, 0.5) is 5.69 Å². The fourth-order valence-corrected chi connectivity index (χ4v) is 2.46. The van der Waals surface area contributed by atoms with Crippen molar-refractivity contribution in [2.24, 2.45) is 0 Å². The summed E-state index contributed by atoms with van der Waals surface area (Å²) in [5.74, 6) is -0.0801. The molecule has 0 aliphatic carbocycles. The van der Waals surface area contributed by atoms with Crippen molar-refractivity contribution in [1.29, 1.82) is 0 Å². The number of nitrogens with one attached hydrogen (secondary N) is 1. The second-order valence-electron chi connectivity index (χ2n) is 5.40. The average Bonchev–Trinajstić information content (AvgIpc) is 2.84. The number of amides is 1. The smallest absolute Gasteiger partial charge is 0.246 e. The van der Waals surface area contributed by atoms with Crippen molar-refractivity contribution in [3.05, 3.63) is 28.8 Å². The van der Waals surface area contributed by atoms with Crippen LogP contribution in [0.2, 0.25) is 0 Å². The molecule has 0 bridgehead atoms.